The quantitative estimate of drug-likeness (QED) is 0.862. The number of hydrogen-bond acceptors (Lipinski definition) is 5. The van der Waals surface area contributed by atoms with Crippen molar-refractivity contribution in [1.29, 1.82) is 0 Å². The Morgan fingerprint density at radius 3 is 3.00 bits per heavy atom. The highest BCUT2D eigenvalue weighted by Gasteiger charge is 2.26. The molecule has 22 heavy (non-hydrogen) atoms. The zero-order valence-electron chi connectivity index (χ0n) is 12.8. The molecule has 2 rings (SSSR count). The second kappa shape index (κ2) is 7.06. The van der Waals surface area contributed by atoms with Gasteiger partial charge in [-0.2, -0.15) is 0 Å². The molecule has 1 aliphatic rings. The Balaban J connectivity index is 1.88. The summed E-state index contributed by atoms with van der Waals surface area (Å²) in [6, 6.07) is 3.55. The SMILES string of the molecule is Cc1cccnc1CNC(=O)N1CCOC(CS(C)(=O)=O)C1. The Labute approximate surface area is 130 Å². The van der Waals surface area contributed by atoms with E-state index in [1.165, 1.54) is 6.26 Å². The smallest absolute Gasteiger partial charge is 0.317 e. The van der Waals surface area contributed by atoms with Gasteiger partial charge in [-0.3, -0.25) is 4.98 Å². The van der Waals surface area contributed by atoms with Crippen LogP contribution in [-0.2, 0) is 21.1 Å². The van der Waals surface area contributed by atoms with Crippen molar-refractivity contribution in [3.05, 3.63) is 29.6 Å². The summed E-state index contributed by atoms with van der Waals surface area (Å²) in [4.78, 5) is 18.0. The van der Waals surface area contributed by atoms with Crippen LogP contribution in [0.15, 0.2) is 18.3 Å². The van der Waals surface area contributed by atoms with E-state index in [2.05, 4.69) is 10.3 Å². The lowest BCUT2D eigenvalue weighted by Crippen LogP contribution is -2.51. The maximum Gasteiger partial charge on any atom is 0.317 e. The number of amides is 2. The van der Waals surface area contributed by atoms with Crippen LogP contribution in [0.3, 0.4) is 0 Å². The minimum absolute atomic E-state index is 0.0733. The molecule has 0 bridgehead atoms. The average molecular weight is 327 g/mol. The van der Waals surface area contributed by atoms with Gasteiger partial charge in [-0.05, 0) is 18.6 Å². The summed E-state index contributed by atoms with van der Waals surface area (Å²) in [6.45, 7) is 3.36. The van der Waals surface area contributed by atoms with Crippen molar-refractivity contribution in [1.82, 2.24) is 15.2 Å². The van der Waals surface area contributed by atoms with Crippen LogP contribution in [-0.4, -0.2) is 62.1 Å². The molecule has 1 saturated heterocycles. The van der Waals surface area contributed by atoms with Crippen LogP contribution in [0.1, 0.15) is 11.3 Å². The monoisotopic (exact) mass is 327 g/mol. The lowest BCUT2D eigenvalue weighted by atomic mass is 10.2. The van der Waals surface area contributed by atoms with E-state index in [1.54, 1.807) is 11.1 Å². The van der Waals surface area contributed by atoms with Crippen molar-refractivity contribution in [2.45, 2.75) is 19.6 Å². The van der Waals surface area contributed by atoms with Crippen molar-refractivity contribution in [2.24, 2.45) is 0 Å². The normalized spacial score (nSPS) is 19.0. The van der Waals surface area contributed by atoms with Crippen LogP contribution in [0.2, 0.25) is 0 Å². The molecule has 0 saturated carbocycles. The molecular formula is C14H21N3O4S. The van der Waals surface area contributed by atoms with Gasteiger partial charge in [0.2, 0.25) is 0 Å². The van der Waals surface area contributed by atoms with Crippen LogP contribution in [0.5, 0.6) is 0 Å². The zero-order valence-corrected chi connectivity index (χ0v) is 13.6. The van der Waals surface area contributed by atoms with E-state index >= 15 is 0 Å². The number of ether oxygens (including phenoxy) is 1. The Morgan fingerprint density at radius 1 is 1.55 bits per heavy atom. The summed E-state index contributed by atoms with van der Waals surface area (Å²) in [5.41, 5.74) is 1.83. The number of aryl methyl sites for hydroxylation is 1. The first-order valence-corrected chi connectivity index (χ1v) is 9.14. The molecule has 0 aliphatic carbocycles. The van der Waals surface area contributed by atoms with E-state index in [4.69, 9.17) is 4.74 Å². The molecule has 1 unspecified atom stereocenters. The highest BCUT2D eigenvalue weighted by atomic mass is 32.2. The Kier molecular flexibility index (Phi) is 5.36. The standard InChI is InChI=1S/C14H21N3O4S/c1-11-4-3-5-15-13(11)8-16-14(18)17-6-7-21-12(9-17)10-22(2,19)20/h3-5,12H,6-10H2,1-2H3,(H,16,18). The summed E-state index contributed by atoms with van der Waals surface area (Å²) in [5.74, 6) is -0.0733. The molecule has 2 heterocycles. The van der Waals surface area contributed by atoms with E-state index in [9.17, 15) is 13.2 Å². The molecule has 122 valence electrons. The highest BCUT2D eigenvalue weighted by molar-refractivity contribution is 7.90. The third-order valence-electron chi connectivity index (χ3n) is 3.44. The Morgan fingerprint density at radius 2 is 2.32 bits per heavy atom. The van der Waals surface area contributed by atoms with Crippen LogP contribution in [0.4, 0.5) is 4.79 Å². The number of carbonyl (C=O) groups is 1. The number of sulfone groups is 1. The van der Waals surface area contributed by atoms with Gasteiger partial charge in [-0.15, -0.1) is 0 Å². The van der Waals surface area contributed by atoms with E-state index in [1.807, 2.05) is 19.1 Å². The molecule has 0 radical (unpaired) electrons. The van der Waals surface area contributed by atoms with E-state index in [0.29, 0.717) is 19.7 Å². The predicted molar refractivity (Wildman–Crippen MR) is 82.2 cm³/mol. The Bertz CT molecular complexity index is 633. The summed E-state index contributed by atoms with van der Waals surface area (Å²) in [5, 5.41) is 2.81. The number of morpholine rings is 1. The maximum absolute atomic E-state index is 12.2. The number of aromatic nitrogens is 1. The van der Waals surface area contributed by atoms with Gasteiger partial charge in [0, 0.05) is 25.5 Å². The van der Waals surface area contributed by atoms with Gasteiger partial charge in [0.1, 0.15) is 9.84 Å². The number of hydrogen-bond donors (Lipinski definition) is 1. The lowest BCUT2D eigenvalue weighted by Gasteiger charge is -2.32. The Hall–Kier alpha value is -1.67. The molecule has 8 heteroatoms. The summed E-state index contributed by atoms with van der Waals surface area (Å²) >= 11 is 0. The van der Waals surface area contributed by atoms with Gasteiger partial charge < -0.3 is 15.0 Å². The molecule has 2 amide bonds. The second-order valence-corrected chi connectivity index (χ2v) is 7.64. The van der Waals surface area contributed by atoms with Crippen LogP contribution >= 0.6 is 0 Å². The average Bonchev–Trinajstić information content (AvgIpc) is 2.44. The molecule has 1 N–H and O–H groups in total. The summed E-state index contributed by atoms with van der Waals surface area (Å²) < 4.78 is 28.0. The highest BCUT2D eigenvalue weighted by Crippen LogP contribution is 2.08. The number of nitrogens with zero attached hydrogens (tertiary/aromatic N) is 2. The van der Waals surface area contributed by atoms with Crippen molar-refractivity contribution in [3.63, 3.8) is 0 Å². The molecular weight excluding hydrogens is 306 g/mol. The molecule has 1 aromatic rings. The fourth-order valence-corrected chi connectivity index (χ4v) is 3.19. The second-order valence-electron chi connectivity index (χ2n) is 5.46. The summed E-state index contributed by atoms with van der Waals surface area (Å²) in [6.07, 6.45) is 2.39. The van der Waals surface area contributed by atoms with Gasteiger partial charge in [-0.1, -0.05) is 6.07 Å². The topological polar surface area (TPSA) is 88.6 Å². The number of urea groups is 1. The fraction of sp³-hybridized carbons (Fsp3) is 0.571. The van der Waals surface area contributed by atoms with E-state index < -0.39 is 15.9 Å². The maximum atomic E-state index is 12.2. The van der Waals surface area contributed by atoms with Crippen molar-refractivity contribution in [3.8, 4) is 0 Å². The number of rotatable bonds is 4. The first-order chi connectivity index (χ1) is 10.3. The van der Waals surface area contributed by atoms with E-state index in [0.717, 1.165) is 11.3 Å². The third-order valence-corrected chi connectivity index (χ3v) is 4.42. The minimum atomic E-state index is -3.13. The van der Waals surface area contributed by atoms with Gasteiger partial charge >= 0.3 is 6.03 Å². The van der Waals surface area contributed by atoms with Gasteiger partial charge in [0.15, 0.2) is 0 Å². The molecule has 0 aromatic carbocycles. The summed E-state index contributed by atoms with van der Waals surface area (Å²) in [7, 11) is -3.13. The van der Waals surface area contributed by atoms with E-state index in [-0.39, 0.29) is 18.3 Å². The van der Waals surface area contributed by atoms with Gasteiger partial charge in [0.05, 0.1) is 30.7 Å². The minimum Gasteiger partial charge on any atom is -0.373 e. The molecule has 1 aliphatic heterocycles. The molecule has 7 nitrogen and oxygen atoms in total. The molecule has 0 spiro atoms. The lowest BCUT2D eigenvalue weighted by molar-refractivity contribution is -0.00171. The first-order valence-electron chi connectivity index (χ1n) is 7.08. The fourth-order valence-electron chi connectivity index (χ4n) is 2.32. The number of nitrogens with one attached hydrogen (secondary N) is 1. The van der Waals surface area contributed by atoms with Gasteiger partial charge in [0.25, 0.3) is 0 Å². The molecule has 1 fully saturated rings. The van der Waals surface area contributed by atoms with Crippen LogP contribution in [0, 0.1) is 6.92 Å². The van der Waals surface area contributed by atoms with Crippen molar-refractivity contribution < 1.29 is 17.9 Å². The zero-order chi connectivity index (χ0) is 16.2. The predicted octanol–water partition coefficient (Wildman–Crippen LogP) is 0.345. The van der Waals surface area contributed by atoms with Gasteiger partial charge in [-0.25, -0.2) is 13.2 Å². The third kappa shape index (κ3) is 4.96. The molecule has 1 atom stereocenters. The first kappa shape index (κ1) is 16.7. The van der Waals surface area contributed by atoms with Crippen LogP contribution in [0.25, 0.3) is 0 Å². The number of pyridine rings is 1. The number of carbonyl (C=O) groups excluding carboxylic acids is 1. The van der Waals surface area contributed by atoms with Crippen LogP contribution < -0.4 is 5.32 Å². The molecule has 1 aromatic heterocycles. The van der Waals surface area contributed by atoms with Crippen molar-refractivity contribution >= 4 is 15.9 Å². The van der Waals surface area contributed by atoms with Crippen molar-refractivity contribution in [2.75, 3.05) is 31.7 Å². The largest absolute Gasteiger partial charge is 0.373 e.